The Morgan fingerprint density at radius 2 is 2.12 bits per heavy atom. The van der Waals surface area contributed by atoms with E-state index in [4.69, 9.17) is 11.6 Å². The van der Waals surface area contributed by atoms with Gasteiger partial charge in [-0.2, -0.15) is 0 Å². The number of nitrogens with zero attached hydrogens (tertiary/aromatic N) is 1. The van der Waals surface area contributed by atoms with Crippen LogP contribution in [-0.2, 0) is 0 Å². The summed E-state index contributed by atoms with van der Waals surface area (Å²) >= 11 is 7.39. The molecule has 2 amide bonds. The first kappa shape index (κ1) is 11.4. The summed E-state index contributed by atoms with van der Waals surface area (Å²) in [7, 11) is 0. The van der Waals surface area contributed by atoms with Gasteiger partial charge in [0, 0.05) is 18.5 Å². The SMILES string of the molecule is O=C(Nc1ccsc1Cl)N1CC2(CCCC2)C1. The quantitative estimate of drug-likeness (QED) is 0.827. The molecule has 1 saturated heterocycles. The van der Waals surface area contributed by atoms with Crippen LogP contribution in [-0.4, -0.2) is 24.0 Å². The summed E-state index contributed by atoms with van der Waals surface area (Å²) in [6, 6.07) is 1.83. The molecule has 1 spiro atoms. The maximum absolute atomic E-state index is 11.9. The minimum absolute atomic E-state index is 0.0113. The summed E-state index contributed by atoms with van der Waals surface area (Å²) in [5, 5.41) is 4.75. The van der Waals surface area contributed by atoms with E-state index in [1.807, 2.05) is 16.3 Å². The van der Waals surface area contributed by atoms with Gasteiger partial charge in [0.15, 0.2) is 0 Å². The van der Waals surface area contributed by atoms with Gasteiger partial charge in [-0.25, -0.2) is 4.79 Å². The molecule has 1 aromatic heterocycles. The molecule has 2 fully saturated rings. The highest BCUT2D eigenvalue weighted by atomic mass is 35.5. The van der Waals surface area contributed by atoms with Gasteiger partial charge in [0.1, 0.15) is 4.34 Å². The second kappa shape index (κ2) is 4.18. The molecule has 5 heteroatoms. The van der Waals surface area contributed by atoms with Crippen molar-refractivity contribution in [2.75, 3.05) is 18.4 Å². The molecule has 92 valence electrons. The summed E-state index contributed by atoms with van der Waals surface area (Å²) in [4.78, 5) is 13.8. The predicted octanol–water partition coefficient (Wildman–Crippen LogP) is 3.81. The molecule has 3 nitrogen and oxygen atoms in total. The third-order valence-electron chi connectivity index (χ3n) is 3.86. The molecule has 2 aliphatic rings. The second-order valence-corrected chi connectivity index (χ2v) is 6.62. The van der Waals surface area contributed by atoms with Crippen LogP contribution < -0.4 is 5.32 Å². The Hall–Kier alpha value is -0.740. The summed E-state index contributed by atoms with van der Waals surface area (Å²) in [6.07, 6.45) is 5.23. The van der Waals surface area contributed by atoms with E-state index < -0.39 is 0 Å². The van der Waals surface area contributed by atoms with Gasteiger partial charge in [-0.05, 0) is 24.3 Å². The van der Waals surface area contributed by atoms with Gasteiger partial charge < -0.3 is 10.2 Å². The molecule has 1 aliphatic carbocycles. The number of halogens is 1. The van der Waals surface area contributed by atoms with Crippen molar-refractivity contribution in [3.8, 4) is 0 Å². The van der Waals surface area contributed by atoms with Gasteiger partial charge in [-0.1, -0.05) is 24.4 Å². The molecule has 1 aliphatic heterocycles. The van der Waals surface area contributed by atoms with E-state index >= 15 is 0 Å². The minimum atomic E-state index is -0.0113. The number of nitrogens with one attached hydrogen (secondary N) is 1. The van der Waals surface area contributed by atoms with Crippen molar-refractivity contribution < 1.29 is 4.79 Å². The highest BCUT2D eigenvalue weighted by molar-refractivity contribution is 7.15. The highest BCUT2D eigenvalue weighted by Crippen LogP contribution is 2.45. The van der Waals surface area contributed by atoms with E-state index in [-0.39, 0.29) is 6.03 Å². The van der Waals surface area contributed by atoms with Crippen LogP contribution in [0.4, 0.5) is 10.5 Å². The van der Waals surface area contributed by atoms with Crippen molar-refractivity contribution in [2.45, 2.75) is 25.7 Å². The molecule has 2 heterocycles. The van der Waals surface area contributed by atoms with E-state index in [9.17, 15) is 4.79 Å². The Balaban J connectivity index is 1.57. The zero-order chi connectivity index (χ0) is 11.9. The fourth-order valence-electron chi connectivity index (χ4n) is 2.92. The van der Waals surface area contributed by atoms with Crippen molar-refractivity contribution >= 4 is 34.7 Å². The highest BCUT2D eigenvalue weighted by Gasteiger charge is 2.46. The Morgan fingerprint density at radius 3 is 2.71 bits per heavy atom. The number of amides is 2. The molecule has 0 atom stereocenters. The molecule has 0 unspecified atom stereocenters. The average molecular weight is 271 g/mol. The maximum atomic E-state index is 11.9. The summed E-state index contributed by atoms with van der Waals surface area (Å²) in [5.74, 6) is 0. The molecule has 1 N–H and O–H groups in total. The topological polar surface area (TPSA) is 32.3 Å². The third kappa shape index (κ3) is 2.04. The lowest BCUT2D eigenvalue weighted by Gasteiger charge is -2.48. The van der Waals surface area contributed by atoms with Gasteiger partial charge in [-0.15, -0.1) is 11.3 Å². The molecule has 0 radical (unpaired) electrons. The number of carbonyl (C=O) groups excluding carboxylic acids is 1. The average Bonchev–Trinajstić information content (AvgIpc) is 2.86. The number of anilines is 1. The van der Waals surface area contributed by atoms with Crippen LogP contribution in [0.25, 0.3) is 0 Å². The molecule has 3 rings (SSSR count). The van der Waals surface area contributed by atoms with Gasteiger partial charge in [0.2, 0.25) is 0 Å². The maximum Gasteiger partial charge on any atom is 0.321 e. The number of hydrogen-bond donors (Lipinski definition) is 1. The van der Waals surface area contributed by atoms with Crippen molar-refractivity contribution in [3.05, 3.63) is 15.8 Å². The number of carbonyl (C=O) groups is 1. The molecule has 1 saturated carbocycles. The van der Waals surface area contributed by atoms with Crippen molar-refractivity contribution in [3.63, 3.8) is 0 Å². The fraction of sp³-hybridized carbons (Fsp3) is 0.583. The first-order chi connectivity index (χ1) is 8.19. The normalized spacial score (nSPS) is 21.6. The van der Waals surface area contributed by atoms with E-state index in [0.29, 0.717) is 9.75 Å². The molecular weight excluding hydrogens is 256 g/mol. The van der Waals surface area contributed by atoms with E-state index in [1.54, 1.807) is 0 Å². The predicted molar refractivity (Wildman–Crippen MR) is 70.8 cm³/mol. The Labute approximate surface area is 110 Å². The second-order valence-electron chi connectivity index (χ2n) is 5.10. The van der Waals surface area contributed by atoms with Gasteiger partial charge >= 0.3 is 6.03 Å². The first-order valence-corrected chi connectivity index (χ1v) is 7.23. The van der Waals surface area contributed by atoms with Gasteiger partial charge in [-0.3, -0.25) is 0 Å². The van der Waals surface area contributed by atoms with E-state index in [0.717, 1.165) is 18.8 Å². The summed E-state index contributed by atoms with van der Waals surface area (Å²) in [6.45, 7) is 1.83. The lowest BCUT2D eigenvalue weighted by Crippen LogP contribution is -2.58. The van der Waals surface area contributed by atoms with Crippen molar-refractivity contribution in [1.82, 2.24) is 4.90 Å². The Bertz CT molecular complexity index is 431. The number of thiophene rings is 1. The van der Waals surface area contributed by atoms with Crippen molar-refractivity contribution in [1.29, 1.82) is 0 Å². The van der Waals surface area contributed by atoms with Crippen LogP contribution in [0, 0.1) is 5.41 Å². The van der Waals surface area contributed by atoms with E-state index in [1.165, 1.54) is 37.0 Å². The van der Waals surface area contributed by atoms with Crippen LogP contribution >= 0.6 is 22.9 Å². The van der Waals surface area contributed by atoms with Crippen LogP contribution in [0.3, 0.4) is 0 Å². The number of urea groups is 1. The zero-order valence-corrected chi connectivity index (χ0v) is 11.1. The molecule has 17 heavy (non-hydrogen) atoms. The summed E-state index contributed by atoms with van der Waals surface area (Å²) < 4.78 is 0.648. The Morgan fingerprint density at radius 1 is 1.41 bits per heavy atom. The Kier molecular flexibility index (Phi) is 2.79. The van der Waals surface area contributed by atoms with Crippen LogP contribution in [0.1, 0.15) is 25.7 Å². The third-order valence-corrected chi connectivity index (χ3v) is 5.03. The molecule has 1 aromatic rings. The molecular formula is C12H15ClN2OS. The smallest absolute Gasteiger partial charge is 0.321 e. The summed E-state index contributed by atoms with van der Waals surface area (Å²) in [5.41, 5.74) is 1.18. The zero-order valence-electron chi connectivity index (χ0n) is 9.54. The monoisotopic (exact) mass is 270 g/mol. The standard InChI is InChI=1S/C12H15ClN2OS/c13-10-9(3-6-17-10)14-11(16)15-7-12(8-15)4-1-2-5-12/h3,6H,1-2,4-5,7-8H2,(H,14,16). The number of rotatable bonds is 1. The fourth-order valence-corrected chi connectivity index (χ4v) is 3.76. The van der Waals surface area contributed by atoms with Crippen LogP contribution in [0.5, 0.6) is 0 Å². The number of hydrogen-bond acceptors (Lipinski definition) is 2. The lowest BCUT2D eigenvalue weighted by atomic mass is 9.78. The molecule has 0 bridgehead atoms. The lowest BCUT2D eigenvalue weighted by molar-refractivity contribution is 0.0430. The van der Waals surface area contributed by atoms with Crippen LogP contribution in [0.15, 0.2) is 11.4 Å². The van der Waals surface area contributed by atoms with Crippen LogP contribution in [0.2, 0.25) is 4.34 Å². The van der Waals surface area contributed by atoms with Gasteiger partial charge in [0.05, 0.1) is 5.69 Å². The minimum Gasteiger partial charge on any atom is -0.323 e. The van der Waals surface area contributed by atoms with Gasteiger partial charge in [0.25, 0.3) is 0 Å². The molecule has 0 aromatic carbocycles. The largest absolute Gasteiger partial charge is 0.323 e. The van der Waals surface area contributed by atoms with E-state index in [2.05, 4.69) is 5.32 Å². The van der Waals surface area contributed by atoms with Crippen molar-refractivity contribution in [2.24, 2.45) is 5.41 Å². The first-order valence-electron chi connectivity index (χ1n) is 5.98. The number of likely N-dealkylation sites (tertiary alicyclic amines) is 1.